The van der Waals surface area contributed by atoms with Crippen LogP contribution in [0.4, 0.5) is 39.8 Å². The van der Waals surface area contributed by atoms with Crippen LogP contribution in [-0.4, -0.2) is 7.28 Å². The zero-order valence-corrected chi connectivity index (χ0v) is 32.7. The van der Waals surface area contributed by atoms with Gasteiger partial charge in [-0.05, 0) is 108 Å². The van der Waals surface area contributed by atoms with Crippen molar-refractivity contribution in [2.45, 2.75) is 13.3 Å². The molecule has 8 aromatic carbocycles. The van der Waals surface area contributed by atoms with Gasteiger partial charge in [0, 0.05) is 45.4 Å². The van der Waals surface area contributed by atoms with Crippen molar-refractivity contribution in [3.8, 4) is 22.3 Å². The second-order valence-electron chi connectivity index (χ2n) is 14.6. The number of fused-ring (bicyclic) bond motifs is 4. The predicted molar refractivity (Wildman–Crippen MR) is 250 cm³/mol. The van der Waals surface area contributed by atoms with Crippen molar-refractivity contribution < 1.29 is 0 Å². The molecule has 0 amide bonds. The Bertz CT molecular complexity index is 2650. The average molecular weight is 746 g/mol. The number of anilines is 7. The SMILES string of the molecule is C/C=C\C(=C/Cc1ccccc1)N1c2cc(-c3ccccc3)ccc2Bc2ccc(N(c3ccccc3)c3ccccc3)cc2-c2c(Nc3ccccc3)cccc21. The number of hydrogen-bond donors (Lipinski definition) is 1. The van der Waals surface area contributed by atoms with E-state index in [0.29, 0.717) is 0 Å². The van der Waals surface area contributed by atoms with Crippen molar-refractivity contribution >= 4 is 58.0 Å². The first-order valence-electron chi connectivity index (χ1n) is 20.1. The summed E-state index contributed by atoms with van der Waals surface area (Å²) in [6.45, 7) is 2.11. The highest BCUT2D eigenvalue weighted by molar-refractivity contribution is 6.70. The lowest BCUT2D eigenvalue weighted by molar-refractivity contribution is 1.16. The fourth-order valence-corrected chi connectivity index (χ4v) is 8.07. The standard InChI is InChI=1S/C54H44BN3/c1-2-19-44(34-32-40-20-8-3-9-21-40)58-52-31-18-30-51(56-43-24-12-5-13-25-43)54(52)48-39-47(57(45-26-14-6-15-27-45)46-28-16-7-17-29-46)35-37-49(48)55-50-36-33-42(38-53(50)58)41-22-10-4-11-23-41/h2-31,33-39,55-56H,32H2,1H3/b19-2-,44-34+. The summed E-state index contributed by atoms with van der Waals surface area (Å²) < 4.78 is 0. The first-order chi connectivity index (χ1) is 28.7. The Balaban J connectivity index is 1.33. The van der Waals surface area contributed by atoms with Crippen molar-refractivity contribution in [2.75, 3.05) is 15.1 Å². The van der Waals surface area contributed by atoms with Gasteiger partial charge in [0.05, 0.1) is 5.69 Å². The van der Waals surface area contributed by atoms with E-state index in [1.54, 1.807) is 0 Å². The molecule has 4 heteroatoms. The molecule has 1 aliphatic heterocycles. The molecule has 1 aliphatic rings. The topological polar surface area (TPSA) is 18.5 Å². The Hall–Kier alpha value is -7.30. The van der Waals surface area contributed by atoms with Gasteiger partial charge in [0.15, 0.2) is 7.28 Å². The first-order valence-corrected chi connectivity index (χ1v) is 20.1. The fraction of sp³-hybridized carbons (Fsp3) is 0.0370. The number of allylic oxidation sites excluding steroid dienone is 3. The molecule has 3 nitrogen and oxygen atoms in total. The van der Waals surface area contributed by atoms with Gasteiger partial charge in [-0.1, -0.05) is 163 Å². The van der Waals surface area contributed by atoms with Crippen LogP contribution < -0.4 is 26.0 Å². The molecule has 0 spiro atoms. The van der Waals surface area contributed by atoms with Crippen LogP contribution in [0.1, 0.15) is 12.5 Å². The van der Waals surface area contributed by atoms with Gasteiger partial charge in [-0.25, -0.2) is 0 Å². The summed E-state index contributed by atoms with van der Waals surface area (Å²) in [5.74, 6) is 0. The Morgan fingerprint density at radius 2 is 1.17 bits per heavy atom. The molecule has 0 fully saturated rings. The van der Waals surface area contributed by atoms with Gasteiger partial charge < -0.3 is 15.1 Å². The van der Waals surface area contributed by atoms with Crippen LogP contribution in [0.3, 0.4) is 0 Å². The lowest BCUT2D eigenvalue weighted by atomic mass is 9.60. The molecule has 278 valence electrons. The van der Waals surface area contributed by atoms with Crippen molar-refractivity contribution in [2.24, 2.45) is 0 Å². The maximum atomic E-state index is 3.87. The van der Waals surface area contributed by atoms with Crippen molar-refractivity contribution in [3.05, 3.63) is 236 Å². The Morgan fingerprint density at radius 1 is 0.552 bits per heavy atom. The Morgan fingerprint density at radius 3 is 1.84 bits per heavy atom. The summed E-state index contributed by atoms with van der Waals surface area (Å²) in [4.78, 5) is 4.85. The Labute approximate surface area is 343 Å². The second-order valence-corrected chi connectivity index (χ2v) is 14.6. The number of nitrogens with one attached hydrogen (secondary N) is 1. The number of benzene rings is 8. The van der Waals surface area contributed by atoms with E-state index in [-0.39, 0.29) is 0 Å². The average Bonchev–Trinajstić information content (AvgIpc) is 3.28. The quantitative estimate of drug-likeness (QED) is 0.111. The molecule has 0 aliphatic carbocycles. The van der Waals surface area contributed by atoms with Gasteiger partial charge in [-0.2, -0.15) is 0 Å². The molecule has 0 aromatic heterocycles. The minimum absolute atomic E-state index is 0.758. The Kier molecular flexibility index (Phi) is 10.5. The minimum Gasteiger partial charge on any atom is -0.355 e. The van der Waals surface area contributed by atoms with E-state index < -0.39 is 0 Å². The summed E-state index contributed by atoms with van der Waals surface area (Å²) in [5.41, 5.74) is 17.3. The van der Waals surface area contributed by atoms with E-state index in [1.165, 1.54) is 38.9 Å². The van der Waals surface area contributed by atoms with Gasteiger partial charge >= 0.3 is 0 Å². The molecule has 9 rings (SSSR count). The molecule has 58 heavy (non-hydrogen) atoms. The van der Waals surface area contributed by atoms with Gasteiger partial charge in [0.2, 0.25) is 0 Å². The van der Waals surface area contributed by atoms with Gasteiger partial charge in [0.1, 0.15) is 0 Å². The molecule has 0 radical (unpaired) electrons. The molecule has 1 N–H and O–H groups in total. The van der Waals surface area contributed by atoms with Crippen LogP contribution in [-0.2, 0) is 6.42 Å². The fourth-order valence-electron chi connectivity index (χ4n) is 8.07. The third kappa shape index (κ3) is 7.61. The second kappa shape index (κ2) is 16.8. The van der Waals surface area contributed by atoms with Crippen LogP contribution in [0, 0.1) is 0 Å². The zero-order valence-electron chi connectivity index (χ0n) is 32.7. The zero-order chi connectivity index (χ0) is 39.1. The molecular formula is C54H44BN3. The van der Waals surface area contributed by atoms with Gasteiger partial charge in [-0.15, -0.1) is 0 Å². The number of nitrogens with zero attached hydrogens (tertiary/aromatic N) is 2. The van der Waals surface area contributed by atoms with E-state index in [2.05, 4.69) is 247 Å². The van der Waals surface area contributed by atoms with E-state index in [9.17, 15) is 0 Å². The van der Waals surface area contributed by atoms with Gasteiger partial charge in [0.25, 0.3) is 0 Å². The van der Waals surface area contributed by atoms with E-state index >= 15 is 0 Å². The first kappa shape index (κ1) is 36.3. The van der Waals surface area contributed by atoms with Crippen LogP contribution in [0.15, 0.2) is 230 Å². The highest BCUT2D eigenvalue weighted by atomic mass is 15.2. The maximum Gasteiger partial charge on any atom is 0.195 e. The van der Waals surface area contributed by atoms with Gasteiger partial charge in [-0.3, -0.25) is 0 Å². The molecule has 0 saturated heterocycles. The third-order valence-corrected chi connectivity index (χ3v) is 10.8. The largest absolute Gasteiger partial charge is 0.355 e. The van der Waals surface area contributed by atoms with Crippen LogP contribution in [0.5, 0.6) is 0 Å². The lowest BCUT2D eigenvalue weighted by Gasteiger charge is -2.35. The molecule has 0 unspecified atom stereocenters. The number of para-hydroxylation sites is 3. The summed E-state index contributed by atoms with van der Waals surface area (Å²) in [5, 5.41) is 3.87. The molecule has 0 bridgehead atoms. The van der Waals surface area contributed by atoms with Crippen molar-refractivity contribution in [3.63, 3.8) is 0 Å². The smallest absolute Gasteiger partial charge is 0.195 e. The molecular weight excluding hydrogens is 701 g/mol. The van der Waals surface area contributed by atoms with Crippen LogP contribution in [0.25, 0.3) is 22.3 Å². The van der Waals surface area contributed by atoms with Crippen molar-refractivity contribution in [1.29, 1.82) is 0 Å². The minimum atomic E-state index is 0.758. The monoisotopic (exact) mass is 745 g/mol. The highest BCUT2D eigenvalue weighted by Crippen LogP contribution is 2.46. The third-order valence-electron chi connectivity index (χ3n) is 10.8. The molecule has 8 aromatic rings. The highest BCUT2D eigenvalue weighted by Gasteiger charge is 2.28. The number of hydrogen-bond acceptors (Lipinski definition) is 3. The maximum absolute atomic E-state index is 3.87. The number of rotatable bonds is 10. The summed E-state index contributed by atoms with van der Waals surface area (Å²) in [6.07, 6.45) is 7.59. The summed E-state index contributed by atoms with van der Waals surface area (Å²) in [6, 6.07) is 74.0. The van der Waals surface area contributed by atoms with E-state index in [1.807, 2.05) is 0 Å². The lowest BCUT2D eigenvalue weighted by Crippen LogP contribution is -2.36. The normalized spacial score (nSPS) is 12.1. The van der Waals surface area contributed by atoms with E-state index in [0.717, 1.165) is 59.1 Å². The molecule has 0 atom stereocenters. The van der Waals surface area contributed by atoms with E-state index in [4.69, 9.17) is 0 Å². The van der Waals surface area contributed by atoms with Crippen molar-refractivity contribution in [1.82, 2.24) is 0 Å². The predicted octanol–water partition coefficient (Wildman–Crippen LogP) is 12.8. The summed E-state index contributed by atoms with van der Waals surface area (Å²) in [7, 11) is 0.758. The van der Waals surface area contributed by atoms with Crippen LogP contribution in [0.2, 0.25) is 0 Å². The summed E-state index contributed by atoms with van der Waals surface area (Å²) >= 11 is 0. The molecule has 1 heterocycles. The molecule has 0 saturated carbocycles. The van der Waals surface area contributed by atoms with Crippen LogP contribution >= 0.6 is 0 Å².